The Kier molecular flexibility index (Phi) is 5.95. The summed E-state index contributed by atoms with van der Waals surface area (Å²) in [6.07, 6.45) is 0. The molecule has 0 bridgehead atoms. The quantitative estimate of drug-likeness (QED) is 0.181. The van der Waals surface area contributed by atoms with Gasteiger partial charge in [-0.1, -0.05) is 123 Å². The Morgan fingerprint density at radius 1 is 0.429 bits per heavy atom. The van der Waals surface area contributed by atoms with Gasteiger partial charge in [-0.3, -0.25) is 0 Å². The molecule has 49 heavy (non-hydrogen) atoms. The fourth-order valence-electron chi connectivity index (χ4n) is 8.20. The molecule has 0 radical (unpaired) electrons. The lowest BCUT2D eigenvalue weighted by Gasteiger charge is -2.26. The first-order chi connectivity index (χ1) is 24.0. The molecule has 10 rings (SSSR count). The number of rotatable bonds is 4. The van der Waals surface area contributed by atoms with Crippen molar-refractivity contribution in [1.82, 2.24) is 0 Å². The van der Waals surface area contributed by atoms with Crippen molar-refractivity contribution in [2.75, 3.05) is 4.90 Å². The summed E-state index contributed by atoms with van der Waals surface area (Å²) in [6, 6.07) is 59.4. The zero-order valence-electron chi connectivity index (χ0n) is 27.4. The maximum Gasteiger partial charge on any atom is 0.143 e. The average molecular weight is 628 g/mol. The normalized spacial score (nSPS) is 13.3. The SMILES string of the molecule is CC1(C)c2ccccc2-c2cc3ccc4cc(N(c5ccccc5)c5cccc(-c6cccc7c6oc6ccccc67)c5)ccc4c3cc21. The van der Waals surface area contributed by atoms with Crippen molar-refractivity contribution >= 4 is 60.5 Å². The first kappa shape index (κ1) is 27.9. The third kappa shape index (κ3) is 4.20. The monoisotopic (exact) mass is 627 g/mol. The van der Waals surface area contributed by atoms with Gasteiger partial charge in [0, 0.05) is 38.8 Å². The van der Waals surface area contributed by atoms with Gasteiger partial charge in [0.25, 0.3) is 0 Å². The van der Waals surface area contributed by atoms with Crippen molar-refractivity contribution < 1.29 is 4.42 Å². The number of furan rings is 1. The van der Waals surface area contributed by atoms with E-state index in [4.69, 9.17) is 4.42 Å². The molecule has 0 spiro atoms. The van der Waals surface area contributed by atoms with E-state index in [1.54, 1.807) is 0 Å². The Hall–Kier alpha value is -6.12. The zero-order chi connectivity index (χ0) is 32.7. The summed E-state index contributed by atoms with van der Waals surface area (Å²) in [7, 11) is 0. The van der Waals surface area contributed by atoms with Gasteiger partial charge in [0.2, 0.25) is 0 Å². The van der Waals surface area contributed by atoms with Crippen LogP contribution in [0.2, 0.25) is 0 Å². The number of hydrogen-bond donors (Lipinski definition) is 0. The van der Waals surface area contributed by atoms with Crippen LogP contribution in [0.1, 0.15) is 25.0 Å². The maximum atomic E-state index is 6.44. The van der Waals surface area contributed by atoms with E-state index in [-0.39, 0.29) is 5.41 Å². The molecule has 1 aliphatic carbocycles. The summed E-state index contributed by atoms with van der Waals surface area (Å²) in [4.78, 5) is 2.36. The Morgan fingerprint density at radius 2 is 1.12 bits per heavy atom. The number of hydrogen-bond acceptors (Lipinski definition) is 2. The molecule has 0 aliphatic heterocycles. The van der Waals surface area contributed by atoms with Crippen molar-refractivity contribution in [3.8, 4) is 22.3 Å². The second-order valence-corrected chi connectivity index (χ2v) is 13.8. The van der Waals surface area contributed by atoms with Gasteiger partial charge in [0.1, 0.15) is 11.2 Å². The second kappa shape index (κ2) is 10.4. The molecule has 0 N–H and O–H groups in total. The van der Waals surface area contributed by atoms with Crippen molar-refractivity contribution in [2.24, 2.45) is 0 Å². The summed E-state index contributed by atoms with van der Waals surface area (Å²) in [5.74, 6) is 0. The summed E-state index contributed by atoms with van der Waals surface area (Å²) in [5.41, 5.74) is 12.8. The van der Waals surface area contributed by atoms with Crippen LogP contribution in [0.5, 0.6) is 0 Å². The molecule has 1 heterocycles. The van der Waals surface area contributed by atoms with Crippen LogP contribution in [0.25, 0.3) is 65.7 Å². The van der Waals surface area contributed by atoms with Crippen LogP contribution >= 0.6 is 0 Å². The Labute approximate surface area is 285 Å². The lowest BCUT2D eigenvalue weighted by Crippen LogP contribution is -2.14. The van der Waals surface area contributed by atoms with Crippen molar-refractivity contribution in [3.05, 3.63) is 175 Å². The van der Waals surface area contributed by atoms with Crippen LogP contribution in [0.3, 0.4) is 0 Å². The zero-order valence-corrected chi connectivity index (χ0v) is 27.4. The highest BCUT2D eigenvalue weighted by atomic mass is 16.3. The van der Waals surface area contributed by atoms with Crippen molar-refractivity contribution in [3.63, 3.8) is 0 Å². The molecule has 0 amide bonds. The van der Waals surface area contributed by atoms with E-state index in [2.05, 4.69) is 170 Å². The molecule has 1 aliphatic rings. The van der Waals surface area contributed by atoms with Crippen LogP contribution in [-0.2, 0) is 5.41 Å². The van der Waals surface area contributed by atoms with Crippen LogP contribution < -0.4 is 4.90 Å². The number of benzene rings is 8. The van der Waals surface area contributed by atoms with E-state index in [0.717, 1.165) is 50.1 Å². The van der Waals surface area contributed by atoms with Gasteiger partial charge in [-0.2, -0.15) is 0 Å². The highest BCUT2D eigenvalue weighted by Crippen LogP contribution is 2.50. The number of fused-ring (bicyclic) bond motifs is 9. The molecular weight excluding hydrogens is 595 g/mol. The van der Waals surface area contributed by atoms with Gasteiger partial charge < -0.3 is 9.32 Å². The maximum absolute atomic E-state index is 6.44. The molecular formula is C47H33NO. The van der Waals surface area contributed by atoms with E-state index < -0.39 is 0 Å². The van der Waals surface area contributed by atoms with Crippen molar-refractivity contribution in [2.45, 2.75) is 19.3 Å². The molecule has 0 atom stereocenters. The molecule has 0 fully saturated rings. The summed E-state index contributed by atoms with van der Waals surface area (Å²) < 4.78 is 6.44. The minimum Gasteiger partial charge on any atom is -0.455 e. The summed E-state index contributed by atoms with van der Waals surface area (Å²) in [5, 5.41) is 7.35. The van der Waals surface area contributed by atoms with Gasteiger partial charge in [0.05, 0.1) is 0 Å². The topological polar surface area (TPSA) is 16.4 Å². The molecule has 232 valence electrons. The van der Waals surface area contributed by atoms with Gasteiger partial charge in [-0.05, 0) is 104 Å². The largest absolute Gasteiger partial charge is 0.455 e. The Morgan fingerprint density at radius 3 is 2.02 bits per heavy atom. The standard InChI is InChI=1S/C47H33NO/c1-47(2)43-20-8-6-16-38(43)42-28-32-23-22-31-27-35(24-25-36(31)41(32)29-44(42)47)48(33-13-4-3-5-14-33)34-15-10-12-30(26-34)37-18-11-19-40-39-17-7-9-21-45(39)49-46(37)40/h3-29H,1-2H3. The average Bonchev–Trinajstić information content (AvgIpc) is 3.63. The number of para-hydroxylation sites is 3. The number of anilines is 3. The molecule has 0 unspecified atom stereocenters. The van der Waals surface area contributed by atoms with E-state index in [1.165, 1.54) is 43.8 Å². The molecule has 8 aromatic carbocycles. The smallest absolute Gasteiger partial charge is 0.143 e. The van der Waals surface area contributed by atoms with Gasteiger partial charge in [0.15, 0.2) is 0 Å². The first-order valence-corrected chi connectivity index (χ1v) is 17.0. The first-order valence-electron chi connectivity index (χ1n) is 17.0. The highest BCUT2D eigenvalue weighted by molar-refractivity contribution is 6.11. The molecule has 1 aromatic heterocycles. The minimum absolute atomic E-state index is 0.0377. The molecule has 2 nitrogen and oxygen atoms in total. The Balaban J connectivity index is 1.12. The second-order valence-electron chi connectivity index (χ2n) is 13.8. The lowest BCUT2D eigenvalue weighted by molar-refractivity contribution is 0.661. The van der Waals surface area contributed by atoms with Crippen LogP contribution in [0.15, 0.2) is 168 Å². The predicted octanol–water partition coefficient (Wildman–Crippen LogP) is 13.3. The third-order valence-electron chi connectivity index (χ3n) is 10.6. The van der Waals surface area contributed by atoms with E-state index in [0.29, 0.717) is 0 Å². The summed E-state index contributed by atoms with van der Waals surface area (Å²) in [6.45, 7) is 4.71. The lowest BCUT2D eigenvalue weighted by atomic mass is 9.81. The fraction of sp³-hybridized carbons (Fsp3) is 0.0638. The minimum atomic E-state index is -0.0377. The van der Waals surface area contributed by atoms with Gasteiger partial charge in [-0.25, -0.2) is 0 Å². The van der Waals surface area contributed by atoms with Gasteiger partial charge >= 0.3 is 0 Å². The molecule has 0 saturated heterocycles. The molecule has 2 heteroatoms. The van der Waals surface area contributed by atoms with Gasteiger partial charge in [-0.15, -0.1) is 0 Å². The van der Waals surface area contributed by atoms with E-state index in [1.807, 2.05) is 12.1 Å². The third-order valence-corrected chi connectivity index (χ3v) is 10.6. The number of nitrogens with zero attached hydrogens (tertiary/aromatic N) is 1. The van der Waals surface area contributed by atoms with Crippen LogP contribution in [0, 0.1) is 0 Å². The molecule has 0 saturated carbocycles. The Bertz CT molecular complexity index is 2750. The van der Waals surface area contributed by atoms with Crippen molar-refractivity contribution in [1.29, 1.82) is 0 Å². The predicted molar refractivity (Wildman–Crippen MR) is 206 cm³/mol. The van der Waals surface area contributed by atoms with E-state index in [9.17, 15) is 0 Å². The van der Waals surface area contributed by atoms with E-state index >= 15 is 0 Å². The summed E-state index contributed by atoms with van der Waals surface area (Å²) >= 11 is 0. The van der Waals surface area contributed by atoms with Crippen LogP contribution in [0.4, 0.5) is 17.1 Å². The van der Waals surface area contributed by atoms with Crippen LogP contribution in [-0.4, -0.2) is 0 Å². The fourth-order valence-corrected chi connectivity index (χ4v) is 8.20. The molecule has 9 aromatic rings. The highest BCUT2D eigenvalue weighted by Gasteiger charge is 2.35.